The lowest BCUT2D eigenvalue weighted by molar-refractivity contribution is -0.123. The molecule has 0 bridgehead atoms. The summed E-state index contributed by atoms with van der Waals surface area (Å²) in [6.07, 6.45) is 0.0760. The Labute approximate surface area is 118 Å². The molecule has 100 valence electrons. The van der Waals surface area contributed by atoms with Gasteiger partial charge in [-0.25, -0.2) is 0 Å². The molecular formula is C11H12N4O2S2. The van der Waals surface area contributed by atoms with Crippen LogP contribution in [-0.4, -0.2) is 27.9 Å². The van der Waals surface area contributed by atoms with Crippen LogP contribution in [-0.2, 0) is 9.59 Å². The second-order valence-corrected chi connectivity index (χ2v) is 5.97. The Hall–Kier alpha value is -1.67. The molecule has 6 nitrogen and oxygen atoms in total. The summed E-state index contributed by atoms with van der Waals surface area (Å²) in [5, 5.41) is 12.2. The number of amides is 2. The number of carbonyl (C=O) groups is 2. The van der Waals surface area contributed by atoms with Crippen molar-refractivity contribution in [2.24, 2.45) is 15.9 Å². The summed E-state index contributed by atoms with van der Waals surface area (Å²) in [6, 6.07) is 3.86. The van der Waals surface area contributed by atoms with E-state index in [1.807, 2.05) is 24.4 Å². The largest absolute Gasteiger partial charge is 0.369 e. The van der Waals surface area contributed by atoms with Crippen molar-refractivity contribution in [1.29, 1.82) is 0 Å². The third-order valence-electron chi connectivity index (χ3n) is 2.36. The summed E-state index contributed by atoms with van der Waals surface area (Å²) < 4.78 is 0. The Morgan fingerprint density at radius 2 is 2.37 bits per heavy atom. The minimum atomic E-state index is -0.579. The highest BCUT2D eigenvalue weighted by Gasteiger charge is 2.28. The van der Waals surface area contributed by atoms with Crippen molar-refractivity contribution in [2.45, 2.75) is 18.6 Å². The zero-order chi connectivity index (χ0) is 13.8. The van der Waals surface area contributed by atoms with Crippen LogP contribution in [0.3, 0.4) is 0 Å². The number of thioether (sulfide) groups is 1. The molecule has 0 aromatic carbocycles. The van der Waals surface area contributed by atoms with Gasteiger partial charge >= 0.3 is 0 Å². The van der Waals surface area contributed by atoms with Crippen molar-refractivity contribution in [3.05, 3.63) is 22.4 Å². The number of hydrogen-bond donors (Lipinski definition) is 2. The van der Waals surface area contributed by atoms with Crippen LogP contribution in [0.5, 0.6) is 0 Å². The van der Waals surface area contributed by atoms with E-state index >= 15 is 0 Å². The number of hydrogen-bond acceptors (Lipinski definition) is 6. The molecule has 0 saturated carbocycles. The van der Waals surface area contributed by atoms with Gasteiger partial charge in [0.15, 0.2) is 5.17 Å². The number of nitrogens with one attached hydrogen (secondary N) is 1. The van der Waals surface area contributed by atoms with Gasteiger partial charge in [0.1, 0.15) is 0 Å². The number of primary amides is 1. The molecule has 1 saturated heterocycles. The fraction of sp³-hybridized carbons (Fsp3) is 0.273. The molecule has 0 aliphatic carbocycles. The molecular weight excluding hydrogens is 284 g/mol. The zero-order valence-corrected chi connectivity index (χ0v) is 11.8. The van der Waals surface area contributed by atoms with E-state index in [1.165, 1.54) is 0 Å². The molecule has 1 fully saturated rings. The van der Waals surface area contributed by atoms with E-state index in [9.17, 15) is 9.59 Å². The minimum Gasteiger partial charge on any atom is -0.369 e. The van der Waals surface area contributed by atoms with Crippen molar-refractivity contribution in [2.75, 3.05) is 0 Å². The van der Waals surface area contributed by atoms with Crippen LogP contribution in [0.4, 0.5) is 0 Å². The first kappa shape index (κ1) is 13.8. The van der Waals surface area contributed by atoms with E-state index in [0.717, 1.165) is 22.4 Å². The SMILES string of the molecule is C/C(=N\N=C1NC(=O)CC(C(N)=O)S1)c1cccs1. The van der Waals surface area contributed by atoms with Gasteiger partial charge in [-0.15, -0.1) is 16.4 Å². The first-order valence-electron chi connectivity index (χ1n) is 5.48. The molecule has 0 radical (unpaired) electrons. The van der Waals surface area contributed by atoms with Gasteiger partial charge in [-0.1, -0.05) is 17.8 Å². The highest BCUT2D eigenvalue weighted by molar-refractivity contribution is 8.15. The summed E-state index contributed by atoms with van der Waals surface area (Å²) in [6.45, 7) is 1.83. The fourth-order valence-corrected chi connectivity index (χ4v) is 2.96. The zero-order valence-electron chi connectivity index (χ0n) is 10.1. The van der Waals surface area contributed by atoms with Gasteiger partial charge in [0.25, 0.3) is 0 Å². The number of nitrogens with two attached hydrogens (primary N) is 1. The second-order valence-electron chi connectivity index (χ2n) is 3.83. The van der Waals surface area contributed by atoms with Gasteiger partial charge in [-0.2, -0.15) is 5.10 Å². The van der Waals surface area contributed by atoms with Crippen LogP contribution in [0, 0.1) is 0 Å². The lowest BCUT2D eigenvalue weighted by atomic mass is 10.3. The van der Waals surface area contributed by atoms with Crippen molar-refractivity contribution < 1.29 is 9.59 Å². The Bertz CT molecular complexity index is 551. The number of amidine groups is 1. The lowest BCUT2D eigenvalue weighted by Gasteiger charge is -2.19. The quantitative estimate of drug-likeness (QED) is 0.641. The molecule has 19 heavy (non-hydrogen) atoms. The summed E-state index contributed by atoms with van der Waals surface area (Å²) in [5.74, 6) is -0.795. The van der Waals surface area contributed by atoms with E-state index in [2.05, 4.69) is 15.5 Å². The van der Waals surface area contributed by atoms with Crippen molar-refractivity contribution >= 4 is 45.8 Å². The average molecular weight is 296 g/mol. The van der Waals surface area contributed by atoms with Crippen LogP contribution < -0.4 is 11.1 Å². The lowest BCUT2D eigenvalue weighted by Crippen LogP contribution is -2.42. The molecule has 1 unspecified atom stereocenters. The first-order valence-corrected chi connectivity index (χ1v) is 7.24. The molecule has 8 heteroatoms. The van der Waals surface area contributed by atoms with Crippen LogP contribution >= 0.6 is 23.1 Å². The molecule has 2 rings (SSSR count). The summed E-state index contributed by atoms with van der Waals surface area (Å²) in [5.41, 5.74) is 5.94. The highest BCUT2D eigenvalue weighted by Crippen LogP contribution is 2.20. The van der Waals surface area contributed by atoms with Crippen LogP contribution in [0.2, 0.25) is 0 Å². The second kappa shape index (κ2) is 5.98. The standard InChI is InChI=1S/C11H12N4O2S2/c1-6(7-3-2-4-18-7)14-15-11-13-9(16)5-8(19-11)10(12)17/h2-4,8H,5H2,1H3,(H2,12,17)(H,13,15,16)/b14-6+. The van der Waals surface area contributed by atoms with Gasteiger partial charge in [0, 0.05) is 6.42 Å². The molecule has 1 aromatic rings. The van der Waals surface area contributed by atoms with E-state index in [1.54, 1.807) is 11.3 Å². The molecule has 0 spiro atoms. The van der Waals surface area contributed by atoms with Crippen LogP contribution in [0.25, 0.3) is 0 Å². The third kappa shape index (κ3) is 3.65. The molecule has 3 N–H and O–H groups in total. The molecule has 1 atom stereocenters. The maximum atomic E-state index is 11.4. The molecule has 2 amide bonds. The smallest absolute Gasteiger partial charge is 0.231 e. The van der Waals surface area contributed by atoms with E-state index in [4.69, 9.17) is 5.73 Å². The van der Waals surface area contributed by atoms with Crippen molar-refractivity contribution in [1.82, 2.24) is 5.32 Å². The van der Waals surface area contributed by atoms with Gasteiger partial charge in [-0.05, 0) is 18.4 Å². The normalized spacial score (nSPS) is 22.4. The minimum absolute atomic E-state index is 0.0760. The highest BCUT2D eigenvalue weighted by atomic mass is 32.2. The summed E-state index contributed by atoms with van der Waals surface area (Å²) in [4.78, 5) is 23.5. The van der Waals surface area contributed by atoms with Gasteiger partial charge < -0.3 is 11.1 Å². The summed E-state index contributed by atoms with van der Waals surface area (Å²) in [7, 11) is 0. The van der Waals surface area contributed by atoms with E-state index < -0.39 is 11.2 Å². The average Bonchev–Trinajstić information content (AvgIpc) is 2.89. The maximum absolute atomic E-state index is 11.4. The molecule has 2 heterocycles. The molecule has 1 aliphatic rings. The van der Waals surface area contributed by atoms with Crippen molar-refractivity contribution in [3.63, 3.8) is 0 Å². The van der Waals surface area contributed by atoms with Crippen LogP contribution in [0.15, 0.2) is 27.7 Å². The van der Waals surface area contributed by atoms with Crippen molar-refractivity contribution in [3.8, 4) is 0 Å². The van der Waals surface area contributed by atoms with Gasteiger partial charge in [0.2, 0.25) is 11.8 Å². The number of carbonyl (C=O) groups excluding carboxylic acids is 2. The maximum Gasteiger partial charge on any atom is 0.231 e. The fourth-order valence-electron chi connectivity index (χ4n) is 1.41. The topological polar surface area (TPSA) is 96.9 Å². The first-order chi connectivity index (χ1) is 9.06. The van der Waals surface area contributed by atoms with E-state index in [0.29, 0.717) is 5.17 Å². The van der Waals surface area contributed by atoms with Gasteiger partial charge in [-0.3, -0.25) is 9.59 Å². The van der Waals surface area contributed by atoms with Crippen LogP contribution in [0.1, 0.15) is 18.2 Å². The third-order valence-corrected chi connectivity index (χ3v) is 4.43. The Morgan fingerprint density at radius 3 is 3.00 bits per heavy atom. The monoisotopic (exact) mass is 296 g/mol. The predicted octanol–water partition coefficient (Wildman–Crippen LogP) is 0.935. The Kier molecular flexibility index (Phi) is 4.33. The van der Waals surface area contributed by atoms with E-state index in [-0.39, 0.29) is 12.3 Å². The predicted molar refractivity (Wildman–Crippen MR) is 77.3 cm³/mol. The summed E-state index contributed by atoms with van der Waals surface area (Å²) >= 11 is 2.68. The number of thiophene rings is 1. The van der Waals surface area contributed by atoms with Gasteiger partial charge in [0.05, 0.1) is 15.8 Å². The number of nitrogens with zero attached hydrogens (tertiary/aromatic N) is 2. The molecule has 1 aromatic heterocycles. The number of rotatable bonds is 3. The molecule has 1 aliphatic heterocycles. The Morgan fingerprint density at radius 1 is 1.58 bits per heavy atom. The Balaban J connectivity index is 2.12.